The average Bonchev–Trinajstić information content (AvgIpc) is 3.32. The first-order valence-electron chi connectivity index (χ1n) is 10.1. The topological polar surface area (TPSA) is 152 Å². The van der Waals surface area contributed by atoms with Crippen LogP contribution in [-0.2, 0) is 11.2 Å². The number of hydrazine groups is 1. The van der Waals surface area contributed by atoms with Crippen LogP contribution in [0.5, 0.6) is 5.75 Å². The highest BCUT2D eigenvalue weighted by atomic mass is 16.5. The quantitative estimate of drug-likeness (QED) is 0.362. The number of fused-ring (bicyclic) bond motifs is 1. The maximum absolute atomic E-state index is 12.4. The van der Waals surface area contributed by atoms with Gasteiger partial charge in [-0.25, -0.2) is 5.10 Å². The monoisotopic (exact) mass is 448 g/mol. The van der Waals surface area contributed by atoms with Crippen molar-refractivity contribution in [3.63, 3.8) is 0 Å². The fraction of sp³-hybridized carbons (Fsp3) is 0.182. The van der Waals surface area contributed by atoms with Gasteiger partial charge in [0.05, 0.1) is 12.5 Å². The summed E-state index contributed by atoms with van der Waals surface area (Å²) < 4.78 is 10.4. The van der Waals surface area contributed by atoms with E-state index in [1.54, 1.807) is 43.5 Å². The molecule has 0 radical (unpaired) electrons. The van der Waals surface area contributed by atoms with Crippen molar-refractivity contribution in [2.45, 2.75) is 19.3 Å². The molecule has 2 amide bonds. The van der Waals surface area contributed by atoms with Crippen molar-refractivity contribution in [2.24, 2.45) is 0 Å². The number of nitrogens with zero attached hydrogens (tertiary/aromatic N) is 3. The Morgan fingerprint density at radius 3 is 2.58 bits per heavy atom. The Kier molecular flexibility index (Phi) is 6.39. The number of rotatable bonds is 7. The first-order valence-corrected chi connectivity index (χ1v) is 10.1. The molecule has 33 heavy (non-hydrogen) atoms. The van der Waals surface area contributed by atoms with E-state index < -0.39 is 17.4 Å². The van der Waals surface area contributed by atoms with Gasteiger partial charge in [-0.05, 0) is 36.8 Å². The molecule has 0 saturated carbocycles. The fourth-order valence-electron chi connectivity index (χ4n) is 3.15. The van der Waals surface area contributed by atoms with Crippen molar-refractivity contribution < 1.29 is 18.8 Å². The molecule has 0 saturated heterocycles. The lowest BCUT2D eigenvalue weighted by Crippen LogP contribution is -2.42. The summed E-state index contributed by atoms with van der Waals surface area (Å²) in [6, 6.07) is 13.8. The maximum Gasteiger partial charge on any atom is 0.290 e. The average molecular weight is 448 g/mol. The molecule has 0 aliphatic heterocycles. The normalized spacial score (nSPS) is 10.7. The molecule has 0 aliphatic rings. The largest absolute Gasteiger partial charge is 0.497 e. The van der Waals surface area contributed by atoms with Gasteiger partial charge in [0.1, 0.15) is 5.75 Å². The van der Waals surface area contributed by atoms with Gasteiger partial charge in [-0.15, -0.1) is 0 Å². The zero-order valence-corrected chi connectivity index (χ0v) is 17.6. The minimum absolute atomic E-state index is 0.00224. The Bertz CT molecular complexity index is 1350. The number of carbonyl (C=O) groups is 2. The summed E-state index contributed by atoms with van der Waals surface area (Å²) in [5, 5.41) is 10.7. The lowest BCUT2D eigenvalue weighted by molar-refractivity contribution is -0.121. The van der Waals surface area contributed by atoms with E-state index in [0.717, 1.165) is 11.3 Å². The zero-order chi connectivity index (χ0) is 23.2. The minimum atomic E-state index is -0.642. The number of hydrogen-bond donors (Lipinski definition) is 3. The second-order valence-electron chi connectivity index (χ2n) is 7.04. The molecule has 2 heterocycles. The summed E-state index contributed by atoms with van der Waals surface area (Å²) in [5.74, 6) is 0.542. The molecule has 0 atom stereocenters. The van der Waals surface area contributed by atoms with Gasteiger partial charge in [0.2, 0.25) is 17.6 Å². The summed E-state index contributed by atoms with van der Waals surface area (Å²) in [7, 11) is 1.59. The summed E-state index contributed by atoms with van der Waals surface area (Å²) in [6.07, 6.45) is 0.961. The molecule has 2 aromatic carbocycles. The van der Waals surface area contributed by atoms with E-state index in [2.05, 4.69) is 31.2 Å². The molecule has 11 nitrogen and oxygen atoms in total. The van der Waals surface area contributed by atoms with Gasteiger partial charge >= 0.3 is 0 Å². The Morgan fingerprint density at radius 2 is 1.82 bits per heavy atom. The number of benzene rings is 2. The smallest absolute Gasteiger partial charge is 0.290 e. The lowest BCUT2D eigenvalue weighted by atomic mass is 10.1. The Morgan fingerprint density at radius 1 is 1.06 bits per heavy atom. The van der Waals surface area contributed by atoms with Crippen LogP contribution in [0.1, 0.15) is 29.2 Å². The molecular weight excluding hydrogens is 428 g/mol. The molecule has 0 unspecified atom stereocenters. The molecule has 0 spiro atoms. The van der Waals surface area contributed by atoms with E-state index in [0.29, 0.717) is 35.3 Å². The van der Waals surface area contributed by atoms with E-state index in [1.807, 2.05) is 12.1 Å². The van der Waals surface area contributed by atoms with E-state index in [9.17, 15) is 14.4 Å². The first-order chi connectivity index (χ1) is 16.0. The molecule has 4 rings (SSSR count). The van der Waals surface area contributed by atoms with Crippen LogP contribution in [0, 0.1) is 0 Å². The Labute approximate surface area is 187 Å². The minimum Gasteiger partial charge on any atom is -0.497 e. The zero-order valence-electron chi connectivity index (χ0n) is 17.6. The number of aryl methyl sites for hydroxylation is 1. The Balaban J connectivity index is 1.27. The number of nitrogens with one attached hydrogen (secondary N) is 3. The van der Waals surface area contributed by atoms with Crippen molar-refractivity contribution >= 4 is 22.6 Å². The van der Waals surface area contributed by atoms with Crippen LogP contribution in [0.4, 0.5) is 0 Å². The summed E-state index contributed by atoms with van der Waals surface area (Å²) in [6.45, 7) is 0. The van der Waals surface area contributed by atoms with Gasteiger partial charge in [0.15, 0.2) is 5.69 Å². The summed E-state index contributed by atoms with van der Waals surface area (Å²) in [5.41, 5.74) is 5.04. The summed E-state index contributed by atoms with van der Waals surface area (Å²) in [4.78, 5) is 40.6. The predicted octanol–water partition coefficient (Wildman–Crippen LogP) is 1.77. The predicted molar refractivity (Wildman–Crippen MR) is 117 cm³/mol. The highest BCUT2D eigenvalue weighted by Gasteiger charge is 2.15. The summed E-state index contributed by atoms with van der Waals surface area (Å²) >= 11 is 0. The molecule has 3 N–H and O–H groups in total. The lowest BCUT2D eigenvalue weighted by Gasteiger charge is -2.08. The van der Waals surface area contributed by atoms with Gasteiger partial charge in [-0.1, -0.05) is 23.4 Å². The molecular formula is C22H20N6O5. The third kappa shape index (κ3) is 5.03. The molecule has 168 valence electrons. The van der Waals surface area contributed by atoms with Crippen LogP contribution in [0.2, 0.25) is 0 Å². The van der Waals surface area contributed by atoms with Crippen molar-refractivity contribution in [3.05, 3.63) is 70.5 Å². The highest BCUT2D eigenvalue weighted by Crippen LogP contribution is 2.20. The number of ether oxygens (including phenoxy) is 1. The number of H-pyrrole nitrogens is 1. The van der Waals surface area contributed by atoms with Crippen molar-refractivity contribution in [1.82, 2.24) is 31.2 Å². The van der Waals surface area contributed by atoms with Gasteiger partial charge < -0.3 is 9.26 Å². The van der Waals surface area contributed by atoms with E-state index in [4.69, 9.17) is 9.26 Å². The molecule has 0 fully saturated rings. The van der Waals surface area contributed by atoms with E-state index >= 15 is 0 Å². The van der Waals surface area contributed by atoms with Gasteiger partial charge in [0, 0.05) is 23.8 Å². The fourth-order valence-corrected chi connectivity index (χ4v) is 3.15. The third-order valence-corrected chi connectivity index (χ3v) is 4.84. The maximum atomic E-state index is 12.4. The van der Waals surface area contributed by atoms with Crippen LogP contribution in [0.15, 0.2) is 57.8 Å². The number of hydrogen-bond acceptors (Lipinski definition) is 8. The van der Waals surface area contributed by atoms with Crippen LogP contribution in [-0.4, -0.2) is 39.3 Å². The molecule has 0 bridgehead atoms. The Hall–Kier alpha value is -4.54. The van der Waals surface area contributed by atoms with Crippen molar-refractivity contribution in [2.75, 3.05) is 7.11 Å². The standard InChI is InChI=1S/C22H20N6O5/c1-32-14-11-9-13(10-12-14)20-23-18(33-28-20)8-4-7-17(29)24-27-22(31)19-15-5-2-3-6-16(15)21(30)26-25-19/h2-3,5-6,9-12H,4,7-8H2,1H3,(H,24,29)(H,26,30)(H,27,31). The number of aromatic amines is 1. The number of amides is 2. The number of carbonyl (C=O) groups excluding carboxylic acids is 2. The highest BCUT2D eigenvalue weighted by molar-refractivity contribution is 6.05. The number of methoxy groups -OCH3 is 1. The van der Waals surface area contributed by atoms with Crippen LogP contribution in [0.25, 0.3) is 22.2 Å². The van der Waals surface area contributed by atoms with Crippen LogP contribution < -0.4 is 21.1 Å². The van der Waals surface area contributed by atoms with Gasteiger partial charge in [-0.3, -0.25) is 25.2 Å². The van der Waals surface area contributed by atoms with Crippen LogP contribution >= 0.6 is 0 Å². The van der Waals surface area contributed by atoms with Gasteiger partial charge in [0.25, 0.3) is 11.5 Å². The van der Waals surface area contributed by atoms with Crippen molar-refractivity contribution in [1.29, 1.82) is 0 Å². The molecule has 2 aromatic heterocycles. The molecule has 11 heteroatoms. The van der Waals surface area contributed by atoms with E-state index in [-0.39, 0.29) is 12.1 Å². The van der Waals surface area contributed by atoms with Crippen LogP contribution in [0.3, 0.4) is 0 Å². The van der Waals surface area contributed by atoms with Crippen molar-refractivity contribution in [3.8, 4) is 17.1 Å². The molecule has 0 aliphatic carbocycles. The second-order valence-corrected chi connectivity index (χ2v) is 7.04. The van der Waals surface area contributed by atoms with E-state index in [1.165, 1.54) is 0 Å². The third-order valence-electron chi connectivity index (χ3n) is 4.84. The SMILES string of the molecule is COc1ccc(-c2noc(CCCC(=O)NNC(=O)c3n[nH]c(=O)c4ccccc34)n2)cc1. The first kappa shape index (κ1) is 21.7. The second kappa shape index (κ2) is 9.73. The number of aromatic nitrogens is 4. The molecule has 4 aromatic rings. The van der Waals surface area contributed by atoms with Gasteiger partial charge in [-0.2, -0.15) is 10.1 Å².